The van der Waals surface area contributed by atoms with E-state index < -0.39 is 49.3 Å². The number of nitrogens with zero attached hydrogens (tertiary/aromatic N) is 3. The van der Waals surface area contributed by atoms with Gasteiger partial charge in [-0.1, -0.05) is 48.5 Å². The highest BCUT2D eigenvalue weighted by atomic mass is 31.2. The molecule has 6 rings (SSSR count). The average Bonchev–Trinajstić information content (AvgIpc) is 3.25. The number of rotatable bonds is 10. The van der Waals surface area contributed by atoms with Crippen LogP contribution < -0.4 is 15.3 Å². The summed E-state index contributed by atoms with van der Waals surface area (Å²) in [6.07, 6.45) is -2.52. The van der Waals surface area contributed by atoms with E-state index in [4.69, 9.17) is 24.3 Å². The number of carbonyl (C=O) groups excluding carboxylic acids is 1. The maximum Gasteiger partial charge on any atom is 0.459 e. The second kappa shape index (κ2) is 10.5. The Hall–Kier alpha value is -3.84. The van der Waals surface area contributed by atoms with Gasteiger partial charge in [-0.15, -0.1) is 0 Å². The van der Waals surface area contributed by atoms with Crippen LogP contribution >= 0.6 is 7.75 Å². The molecule has 1 aliphatic heterocycles. The highest BCUT2D eigenvalue weighted by molar-refractivity contribution is 7.52. The molecule has 0 bridgehead atoms. The first-order chi connectivity index (χ1) is 20.1. The minimum absolute atomic E-state index is 0.0171. The third-order valence-corrected chi connectivity index (χ3v) is 9.31. The first-order valence-corrected chi connectivity index (χ1v) is 14.8. The number of hydrogen-bond acceptors (Lipinski definition) is 11. The highest BCUT2D eigenvalue weighted by Gasteiger charge is 2.87. The van der Waals surface area contributed by atoms with E-state index in [0.29, 0.717) is 11.2 Å². The van der Waals surface area contributed by atoms with Crippen molar-refractivity contribution in [3.63, 3.8) is 0 Å². The third kappa shape index (κ3) is 4.74. The number of benzene rings is 2. The Labute approximate surface area is 240 Å². The minimum atomic E-state index is -4.38. The minimum Gasteiger partial charge on any atom is -0.460 e. The molecule has 2 aromatic heterocycles. The van der Waals surface area contributed by atoms with Gasteiger partial charge in [-0.3, -0.25) is 9.32 Å². The Kier molecular flexibility index (Phi) is 7.04. The molecule has 5 N–H and O–H groups in total. The number of carbonyl (C=O) groups is 1. The first kappa shape index (κ1) is 28.3. The average molecular weight is 596 g/mol. The van der Waals surface area contributed by atoms with Crippen LogP contribution in [0.3, 0.4) is 0 Å². The monoisotopic (exact) mass is 595 g/mol. The zero-order valence-corrected chi connectivity index (χ0v) is 23.6. The van der Waals surface area contributed by atoms with Crippen LogP contribution in [0.4, 0.5) is 5.82 Å². The second-order valence-corrected chi connectivity index (χ2v) is 12.1. The lowest BCUT2D eigenvalue weighted by Gasteiger charge is -2.27. The van der Waals surface area contributed by atoms with Gasteiger partial charge in [-0.25, -0.2) is 14.1 Å². The molecule has 1 saturated carbocycles. The van der Waals surface area contributed by atoms with Gasteiger partial charge in [0.15, 0.2) is 11.4 Å². The number of esters is 1. The molecule has 0 radical (unpaired) electrons. The Morgan fingerprint density at radius 2 is 1.86 bits per heavy atom. The van der Waals surface area contributed by atoms with Gasteiger partial charge in [0.2, 0.25) is 0 Å². The van der Waals surface area contributed by atoms with E-state index in [0.717, 1.165) is 5.56 Å². The lowest BCUT2D eigenvalue weighted by atomic mass is 10.0. The van der Waals surface area contributed by atoms with E-state index >= 15 is 0 Å². The number of anilines is 1. The largest absolute Gasteiger partial charge is 0.460 e. The van der Waals surface area contributed by atoms with Crippen LogP contribution in [-0.2, 0) is 30.0 Å². The predicted octanol–water partition coefficient (Wildman–Crippen LogP) is 2.54. The molecule has 2 aliphatic rings. The summed E-state index contributed by atoms with van der Waals surface area (Å²) < 4.78 is 38.7. The summed E-state index contributed by atoms with van der Waals surface area (Å²) in [6, 6.07) is 19.5. The Morgan fingerprint density at radius 3 is 2.52 bits per heavy atom. The van der Waals surface area contributed by atoms with Gasteiger partial charge in [0.25, 0.3) is 0 Å². The third-order valence-electron chi connectivity index (χ3n) is 7.67. The van der Waals surface area contributed by atoms with Crippen LogP contribution in [0.15, 0.2) is 79.1 Å². The van der Waals surface area contributed by atoms with E-state index in [2.05, 4.69) is 15.2 Å². The molecule has 0 amide bonds. The standard InChI is InChI=1S/C28H30N5O8P/c1-17(25(35)38-15-18-9-5-3-6-10-18)32-42(37,40-19-11-7-4-8-12-19)41-26-27(2)28(26,36)23(34)22(39-27)20-13-14-21-24(29)30-16-31-33(20)21/h3-14,16-17,22-23,26,34,36H,15H2,1-2H3,(H,32,37)(H2,29,30,31)/t17-,22-,23-,26?,27+,28+,42?/m0/s1. The molecule has 2 unspecified atom stereocenters. The van der Waals surface area contributed by atoms with Crippen molar-refractivity contribution in [3.8, 4) is 5.75 Å². The van der Waals surface area contributed by atoms with Gasteiger partial charge in [0.05, 0.1) is 5.69 Å². The van der Waals surface area contributed by atoms with Crippen molar-refractivity contribution in [2.24, 2.45) is 0 Å². The number of aliphatic hydroxyl groups is 2. The number of nitrogens with one attached hydrogen (secondary N) is 1. The first-order valence-electron chi connectivity index (χ1n) is 13.2. The van der Waals surface area contributed by atoms with Crippen molar-refractivity contribution >= 4 is 25.1 Å². The fourth-order valence-electron chi connectivity index (χ4n) is 5.30. The van der Waals surface area contributed by atoms with Crippen LogP contribution in [-0.4, -0.2) is 60.2 Å². The van der Waals surface area contributed by atoms with Crippen molar-refractivity contribution < 1.29 is 38.1 Å². The number of nitrogen functional groups attached to an aromatic ring is 1. The lowest BCUT2D eigenvalue weighted by molar-refractivity contribution is -0.146. The Bertz CT molecular complexity index is 1660. The topological polar surface area (TPSA) is 180 Å². The van der Waals surface area contributed by atoms with E-state index in [9.17, 15) is 19.6 Å². The molecule has 42 heavy (non-hydrogen) atoms. The summed E-state index contributed by atoms with van der Waals surface area (Å²) in [5, 5.41) is 29.6. The van der Waals surface area contributed by atoms with Gasteiger partial charge in [-0.2, -0.15) is 10.2 Å². The van der Waals surface area contributed by atoms with E-state index in [1.54, 1.807) is 42.5 Å². The van der Waals surface area contributed by atoms with Crippen LogP contribution in [0.25, 0.3) is 5.52 Å². The summed E-state index contributed by atoms with van der Waals surface area (Å²) in [5.74, 6) is -0.267. The van der Waals surface area contributed by atoms with Gasteiger partial charge in [0, 0.05) is 0 Å². The van der Waals surface area contributed by atoms with Gasteiger partial charge in [0.1, 0.15) is 54.2 Å². The normalized spacial score (nSPS) is 28.5. The fourth-order valence-corrected chi connectivity index (χ4v) is 7.07. The molecule has 13 nitrogen and oxygen atoms in total. The molecular formula is C28H30N5O8P. The lowest BCUT2D eigenvalue weighted by Crippen LogP contribution is -2.38. The maximum atomic E-state index is 14.1. The van der Waals surface area contributed by atoms with Crippen molar-refractivity contribution in [2.45, 2.75) is 56.0 Å². The Morgan fingerprint density at radius 1 is 1.17 bits per heavy atom. The zero-order valence-electron chi connectivity index (χ0n) is 22.7. The molecule has 0 spiro atoms. The molecule has 4 aromatic rings. The van der Waals surface area contributed by atoms with Crippen LogP contribution in [0.1, 0.15) is 31.2 Å². The molecule has 7 atom stereocenters. The summed E-state index contributed by atoms with van der Waals surface area (Å²) in [5.41, 5.74) is 4.21. The van der Waals surface area contributed by atoms with Crippen LogP contribution in [0.5, 0.6) is 5.75 Å². The fraction of sp³-hybridized carbons (Fsp3) is 0.321. The smallest absolute Gasteiger partial charge is 0.459 e. The second-order valence-electron chi connectivity index (χ2n) is 10.4. The van der Waals surface area contributed by atoms with E-state index in [1.807, 2.05) is 30.3 Å². The van der Waals surface area contributed by atoms with Crippen LogP contribution in [0, 0.1) is 0 Å². The van der Waals surface area contributed by atoms with Crippen molar-refractivity contribution in [1.29, 1.82) is 0 Å². The quantitative estimate of drug-likeness (QED) is 0.156. The molecule has 2 fully saturated rings. The molecule has 1 saturated heterocycles. The Balaban J connectivity index is 1.20. The summed E-state index contributed by atoms with van der Waals surface area (Å²) in [7, 11) is -4.38. The number of aliphatic hydroxyl groups excluding tert-OH is 1. The SMILES string of the molecule is C[C@H](NP(=O)(Oc1ccccc1)OC1[C@@]2(C)O[C@@H](c3ccc4c(N)ncnn34)[C@H](O)[C@@]12O)C(=O)OCc1ccccc1. The van der Waals surface area contributed by atoms with Gasteiger partial charge < -0.3 is 29.9 Å². The number of nitrogens with two attached hydrogens (primary N) is 1. The number of ether oxygens (including phenoxy) is 2. The molecule has 2 aromatic carbocycles. The van der Waals surface area contributed by atoms with Gasteiger partial charge >= 0.3 is 13.7 Å². The van der Waals surface area contributed by atoms with Crippen molar-refractivity contribution in [2.75, 3.05) is 5.73 Å². The van der Waals surface area contributed by atoms with Crippen LogP contribution in [0.2, 0.25) is 0 Å². The summed E-state index contributed by atoms with van der Waals surface area (Å²) >= 11 is 0. The van der Waals surface area contributed by atoms with Crippen molar-refractivity contribution in [1.82, 2.24) is 19.7 Å². The number of hydrogen-bond donors (Lipinski definition) is 4. The van der Waals surface area contributed by atoms with E-state index in [1.165, 1.54) is 24.7 Å². The zero-order chi connectivity index (χ0) is 29.7. The van der Waals surface area contributed by atoms with Gasteiger partial charge in [-0.05, 0) is 43.7 Å². The number of fused-ring (bicyclic) bond motifs is 2. The summed E-state index contributed by atoms with van der Waals surface area (Å²) in [6.45, 7) is 3.00. The molecular weight excluding hydrogens is 565 g/mol. The molecule has 1 aliphatic carbocycles. The highest BCUT2D eigenvalue weighted by Crippen LogP contribution is 2.68. The number of aromatic nitrogens is 3. The van der Waals surface area contributed by atoms with Crippen molar-refractivity contribution in [3.05, 3.63) is 90.4 Å². The molecule has 220 valence electrons. The number of para-hydroxylation sites is 1. The maximum absolute atomic E-state index is 14.1. The molecule has 3 heterocycles. The summed E-state index contributed by atoms with van der Waals surface area (Å²) in [4.78, 5) is 16.7. The molecule has 14 heteroatoms. The van der Waals surface area contributed by atoms with E-state index in [-0.39, 0.29) is 18.2 Å². The predicted molar refractivity (Wildman–Crippen MR) is 149 cm³/mol.